The van der Waals surface area contributed by atoms with Crippen molar-refractivity contribution in [2.24, 2.45) is 0 Å². The lowest BCUT2D eigenvalue weighted by atomic mass is 10.2. The maximum Gasteiger partial charge on any atom is 0.226 e. The van der Waals surface area contributed by atoms with Gasteiger partial charge in [-0.3, -0.25) is 4.79 Å². The van der Waals surface area contributed by atoms with Gasteiger partial charge in [0.2, 0.25) is 5.91 Å². The Morgan fingerprint density at radius 2 is 1.93 bits per heavy atom. The van der Waals surface area contributed by atoms with Crippen molar-refractivity contribution in [2.75, 3.05) is 17.3 Å². The molecule has 1 heterocycles. The van der Waals surface area contributed by atoms with E-state index in [0.29, 0.717) is 10.0 Å². The zero-order chi connectivity index (χ0) is 19.4. The summed E-state index contributed by atoms with van der Waals surface area (Å²) in [5, 5.41) is 3.32. The van der Waals surface area contributed by atoms with E-state index in [-0.39, 0.29) is 24.5 Å². The van der Waals surface area contributed by atoms with Crippen LogP contribution in [-0.2, 0) is 14.6 Å². The quantitative estimate of drug-likeness (QED) is 0.569. The maximum absolute atomic E-state index is 12.3. The summed E-state index contributed by atoms with van der Waals surface area (Å²) < 4.78 is 25.7. The molecule has 3 rings (SSSR count). The van der Waals surface area contributed by atoms with Gasteiger partial charge in [-0.15, -0.1) is 11.8 Å². The number of carbonyl (C=O) groups is 1. The van der Waals surface area contributed by atoms with Crippen molar-refractivity contribution in [3.05, 3.63) is 48.0 Å². The number of thiazole rings is 1. The second-order valence-electron chi connectivity index (χ2n) is 6.11. The molecule has 1 aromatic heterocycles. The van der Waals surface area contributed by atoms with Crippen molar-refractivity contribution in [1.82, 2.24) is 4.98 Å². The Hall–Kier alpha value is -1.90. The number of amides is 1. The molecular formula is C19H20N2O3S3. The molecule has 0 aliphatic heterocycles. The number of hydrogen-bond acceptors (Lipinski definition) is 6. The predicted octanol–water partition coefficient (Wildman–Crippen LogP) is 4.52. The molecule has 8 heteroatoms. The Morgan fingerprint density at radius 3 is 2.63 bits per heavy atom. The van der Waals surface area contributed by atoms with Crippen LogP contribution in [0.1, 0.15) is 18.4 Å². The second-order valence-corrected chi connectivity index (χ2v) is 10.1. The van der Waals surface area contributed by atoms with Crippen molar-refractivity contribution >= 4 is 54.2 Å². The molecule has 0 aliphatic carbocycles. The number of nitrogens with one attached hydrogen (secondary N) is 1. The number of para-hydroxylation sites is 1. The van der Waals surface area contributed by atoms with Crippen LogP contribution < -0.4 is 5.32 Å². The van der Waals surface area contributed by atoms with Crippen molar-refractivity contribution in [3.63, 3.8) is 0 Å². The summed E-state index contributed by atoms with van der Waals surface area (Å²) >= 11 is 3.03. The highest BCUT2D eigenvalue weighted by Crippen LogP contribution is 2.32. The van der Waals surface area contributed by atoms with Crippen molar-refractivity contribution in [3.8, 4) is 0 Å². The van der Waals surface area contributed by atoms with Crippen LogP contribution >= 0.6 is 23.1 Å². The van der Waals surface area contributed by atoms with Crippen LogP contribution in [0.15, 0.2) is 52.3 Å². The highest BCUT2D eigenvalue weighted by Gasteiger charge is 2.16. The van der Waals surface area contributed by atoms with Gasteiger partial charge in [0.15, 0.2) is 15.0 Å². The van der Waals surface area contributed by atoms with Crippen LogP contribution in [0.3, 0.4) is 0 Å². The minimum Gasteiger partial charge on any atom is -0.302 e. The summed E-state index contributed by atoms with van der Waals surface area (Å²) in [5.74, 6) is -0.279. The molecule has 3 aromatic rings. The second kappa shape index (κ2) is 8.41. The number of fused-ring (bicyclic) bond motifs is 1. The minimum atomic E-state index is -3.37. The molecule has 27 heavy (non-hydrogen) atoms. The highest BCUT2D eigenvalue weighted by atomic mass is 32.2. The first-order valence-corrected chi connectivity index (χ1v) is 12.1. The standard InChI is InChI=1S/C19H20N2O3S3/c1-13-8-10-14(11-9-13)27(23,24)12-4-7-17(22)20-19-21-18-15(25-2)5-3-6-16(18)26-19/h3,5-6,8-11H,4,7,12H2,1-2H3,(H,20,21,22). The zero-order valence-electron chi connectivity index (χ0n) is 15.1. The molecule has 1 N–H and O–H groups in total. The van der Waals surface area contributed by atoms with Gasteiger partial charge in [0.05, 0.1) is 20.9 Å². The molecule has 1 amide bonds. The molecule has 0 saturated carbocycles. The summed E-state index contributed by atoms with van der Waals surface area (Å²) in [5.41, 5.74) is 1.89. The Bertz CT molecular complexity index is 1060. The third-order valence-electron chi connectivity index (χ3n) is 4.05. The normalized spacial score (nSPS) is 11.6. The molecule has 2 aromatic carbocycles. The fraction of sp³-hybridized carbons (Fsp3) is 0.263. The number of nitrogens with zero attached hydrogens (tertiary/aromatic N) is 1. The number of anilines is 1. The number of aryl methyl sites for hydroxylation is 1. The zero-order valence-corrected chi connectivity index (χ0v) is 17.5. The van der Waals surface area contributed by atoms with E-state index in [9.17, 15) is 13.2 Å². The van der Waals surface area contributed by atoms with E-state index < -0.39 is 9.84 Å². The van der Waals surface area contributed by atoms with E-state index in [2.05, 4.69) is 10.3 Å². The molecule has 142 valence electrons. The van der Waals surface area contributed by atoms with Gasteiger partial charge in [-0.1, -0.05) is 35.1 Å². The first-order chi connectivity index (χ1) is 12.9. The highest BCUT2D eigenvalue weighted by molar-refractivity contribution is 7.98. The van der Waals surface area contributed by atoms with E-state index in [1.165, 1.54) is 11.3 Å². The minimum absolute atomic E-state index is 0.0556. The van der Waals surface area contributed by atoms with Crippen LogP contribution in [0.2, 0.25) is 0 Å². The third-order valence-corrected chi connectivity index (χ3v) is 7.57. The summed E-state index contributed by atoms with van der Waals surface area (Å²) in [6, 6.07) is 12.7. The van der Waals surface area contributed by atoms with Crippen LogP contribution in [0.5, 0.6) is 0 Å². The largest absolute Gasteiger partial charge is 0.302 e. The van der Waals surface area contributed by atoms with Crippen LogP contribution in [0.25, 0.3) is 10.2 Å². The van der Waals surface area contributed by atoms with Crippen LogP contribution in [0.4, 0.5) is 5.13 Å². The predicted molar refractivity (Wildman–Crippen MR) is 112 cm³/mol. The SMILES string of the molecule is CSc1cccc2sc(NC(=O)CCCS(=O)(=O)c3ccc(C)cc3)nc12. The van der Waals surface area contributed by atoms with Crippen molar-refractivity contribution in [2.45, 2.75) is 29.6 Å². The Labute approximate surface area is 167 Å². The molecule has 0 aliphatic rings. The fourth-order valence-corrected chi connectivity index (χ4v) is 5.46. The van der Waals surface area contributed by atoms with Gasteiger partial charge in [-0.2, -0.15) is 0 Å². The topological polar surface area (TPSA) is 76.1 Å². The van der Waals surface area contributed by atoms with E-state index in [0.717, 1.165) is 20.7 Å². The summed E-state index contributed by atoms with van der Waals surface area (Å²) in [6.07, 6.45) is 2.39. The lowest BCUT2D eigenvalue weighted by molar-refractivity contribution is -0.116. The molecule has 0 radical (unpaired) electrons. The monoisotopic (exact) mass is 420 g/mol. The first-order valence-electron chi connectivity index (χ1n) is 8.42. The number of aromatic nitrogens is 1. The average molecular weight is 421 g/mol. The molecule has 5 nitrogen and oxygen atoms in total. The van der Waals surface area contributed by atoms with Crippen LogP contribution in [0, 0.1) is 6.92 Å². The average Bonchev–Trinajstić information content (AvgIpc) is 3.04. The van der Waals surface area contributed by atoms with Gasteiger partial charge in [0, 0.05) is 11.3 Å². The Balaban J connectivity index is 1.58. The van der Waals surface area contributed by atoms with Crippen molar-refractivity contribution in [1.29, 1.82) is 0 Å². The van der Waals surface area contributed by atoms with Crippen molar-refractivity contribution < 1.29 is 13.2 Å². The molecule has 0 bridgehead atoms. The van der Waals surface area contributed by atoms with E-state index in [1.807, 2.05) is 31.4 Å². The number of hydrogen-bond donors (Lipinski definition) is 1. The van der Waals surface area contributed by atoms with Crippen LogP contribution in [-0.4, -0.2) is 31.3 Å². The fourth-order valence-electron chi connectivity index (χ4n) is 2.61. The molecule has 0 spiro atoms. The van der Waals surface area contributed by atoms with Gasteiger partial charge in [-0.05, 0) is 43.9 Å². The van der Waals surface area contributed by atoms with Gasteiger partial charge < -0.3 is 5.32 Å². The van der Waals surface area contributed by atoms with Gasteiger partial charge in [-0.25, -0.2) is 13.4 Å². The number of sulfone groups is 1. The number of rotatable bonds is 7. The summed E-state index contributed by atoms with van der Waals surface area (Å²) in [6.45, 7) is 1.91. The van der Waals surface area contributed by atoms with Gasteiger partial charge in [0.25, 0.3) is 0 Å². The van der Waals surface area contributed by atoms with Gasteiger partial charge in [0.1, 0.15) is 0 Å². The third kappa shape index (κ3) is 4.88. The van der Waals surface area contributed by atoms with E-state index in [1.54, 1.807) is 36.0 Å². The number of benzene rings is 2. The lowest BCUT2D eigenvalue weighted by Gasteiger charge is -2.05. The van der Waals surface area contributed by atoms with Gasteiger partial charge >= 0.3 is 0 Å². The molecule has 0 atom stereocenters. The smallest absolute Gasteiger partial charge is 0.226 e. The number of thioether (sulfide) groups is 1. The molecule has 0 saturated heterocycles. The Kier molecular flexibility index (Phi) is 6.18. The molecule has 0 fully saturated rings. The van der Waals surface area contributed by atoms with E-state index >= 15 is 0 Å². The number of carbonyl (C=O) groups excluding carboxylic acids is 1. The Morgan fingerprint density at radius 1 is 1.19 bits per heavy atom. The lowest BCUT2D eigenvalue weighted by Crippen LogP contribution is -2.14. The van der Waals surface area contributed by atoms with E-state index in [4.69, 9.17) is 0 Å². The summed E-state index contributed by atoms with van der Waals surface area (Å²) in [7, 11) is -3.37. The maximum atomic E-state index is 12.3. The first kappa shape index (κ1) is 19.9. The summed E-state index contributed by atoms with van der Waals surface area (Å²) in [4.78, 5) is 18.0. The molecule has 0 unspecified atom stereocenters. The molecular weight excluding hydrogens is 400 g/mol.